The van der Waals surface area contributed by atoms with Crippen molar-refractivity contribution in [3.63, 3.8) is 0 Å². The van der Waals surface area contributed by atoms with Crippen molar-refractivity contribution in [1.82, 2.24) is 4.98 Å². The van der Waals surface area contributed by atoms with Gasteiger partial charge in [-0.1, -0.05) is 36.3 Å². The van der Waals surface area contributed by atoms with Crippen LogP contribution in [-0.4, -0.2) is 11.6 Å². The van der Waals surface area contributed by atoms with Crippen molar-refractivity contribution in [2.45, 2.75) is 13.3 Å². The summed E-state index contributed by atoms with van der Waals surface area (Å²) in [5.74, 6) is 1.30. The van der Waals surface area contributed by atoms with Crippen LogP contribution in [0, 0.1) is 6.92 Å². The van der Waals surface area contributed by atoms with E-state index in [9.17, 15) is 0 Å². The molecule has 0 unspecified atom stereocenters. The second-order valence-corrected chi connectivity index (χ2v) is 4.43. The number of ether oxygens (including phenoxy) is 1. The number of rotatable bonds is 5. The van der Waals surface area contributed by atoms with Gasteiger partial charge in [0.25, 0.3) is 0 Å². The maximum Gasteiger partial charge on any atom is 0.226 e. The minimum atomic E-state index is -0.441. The lowest BCUT2D eigenvalue weighted by Gasteiger charge is -2.04. The van der Waals surface area contributed by atoms with Crippen LogP contribution in [0.2, 0.25) is 0 Å². The Balaban J connectivity index is 1.85. The van der Waals surface area contributed by atoms with E-state index in [-0.39, 0.29) is 23.5 Å². The van der Waals surface area contributed by atoms with Gasteiger partial charge in [0.2, 0.25) is 5.89 Å². The van der Waals surface area contributed by atoms with E-state index in [0.29, 0.717) is 24.5 Å². The molecule has 0 saturated heterocycles. The summed E-state index contributed by atoms with van der Waals surface area (Å²) in [6.07, 6.45) is 0.475. The van der Waals surface area contributed by atoms with Gasteiger partial charge in [0.1, 0.15) is 11.5 Å². The maximum atomic E-state index is 8.01. The normalized spacial score (nSPS) is 13.9. The van der Waals surface area contributed by atoms with E-state index in [2.05, 4.69) is 4.98 Å². The average molecular weight is 284 g/mol. The van der Waals surface area contributed by atoms with Gasteiger partial charge in [-0.25, -0.2) is 4.98 Å². The number of benzene rings is 2. The fourth-order valence-electron chi connectivity index (χ4n) is 1.91. The lowest BCUT2D eigenvalue weighted by molar-refractivity contribution is 0.320. The third-order valence-electron chi connectivity index (χ3n) is 2.96. The molecule has 0 saturated carbocycles. The summed E-state index contributed by atoms with van der Waals surface area (Å²) >= 11 is 0. The topological polar surface area (TPSA) is 35.3 Å². The van der Waals surface area contributed by atoms with Crippen molar-refractivity contribution < 1.29 is 16.0 Å². The van der Waals surface area contributed by atoms with Gasteiger partial charge in [-0.05, 0) is 31.1 Å². The Bertz CT molecular complexity index is 911. The summed E-state index contributed by atoms with van der Waals surface area (Å²) in [4.78, 5) is 4.33. The summed E-state index contributed by atoms with van der Waals surface area (Å²) in [6, 6.07) is 7.46. The number of aryl methyl sites for hydroxylation is 1. The summed E-state index contributed by atoms with van der Waals surface area (Å²) in [5, 5.41) is 0. The molecule has 0 aliphatic rings. The second kappa shape index (κ2) is 6.27. The van der Waals surface area contributed by atoms with Crippen LogP contribution < -0.4 is 4.74 Å². The molecule has 0 atom stereocenters. The monoisotopic (exact) mass is 284 g/mol. The molecule has 3 rings (SSSR count). The minimum Gasteiger partial charge on any atom is -0.493 e. The zero-order valence-corrected chi connectivity index (χ0v) is 11.6. The molecule has 3 aromatic rings. The van der Waals surface area contributed by atoms with Crippen LogP contribution in [0.1, 0.15) is 18.3 Å². The van der Waals surface area contributed by atoms with Crippen molar-refractivity contribution in [3.05, 3.63) is 72.0 Å². The first-order valence-corrected chi connectivity index (χ1v) is 6.61. The van der Waals surface area contributed by atoms with Crippen molar-refractivity contribution in [3.8, 4) is 17.2 Å². The highest BCUT2D eigenvalue weighted by Gasteiger charge is 2.11. The molecule has 0 radical (unpaired) electrons. The van der Waals surface area contributed by atoms with E-state index in [1.54, 1.807) is 6.92 Å². The van der Waals surface area contributed by atoms with E-state index in [0.717, 1.165) is 5.75 Å². The SMILES string of the molecule is [2H]c1c([2H])c([2H])c(-c2nc(CCOc3ccccc3)c(C)o2)c([2H])c1[2H]. The first-order chi connectivity index (χ1) is 12.4. The smallest absolute Gasteiger partial charge is 0.226 e. The summed E-state index contributed by atoms with van der Waals surface area (Å²) in [7, 11) is 0. The second-order valence-electron chi connectivity index (χ2n) is 4.43. The van der Waals surface area contributed by atoms with Crippen molar-refractivity contribution in [2.24, 2.45) is 0 Å². The number of para-hydroxylation sites is 1. The van der Waals surface area contributed by atoms with Crippen molar-refractivity contribution >= 4 is 0 Å². The Labute approximate surface area is 131 Å². The summed E-state index contributed by atoms with van der Waals surface area (Å²) < 4.78 is 50.4. The molecule has 0 aliphatic heterocycles. The molecule has 0 N–H and O–H groups in total. The van der Waals surface area contributed by atoms with Crippen LogP contribution in [0.25, 0.3) is 11.5 Å². The van der Waals surface area contributed by atoms with Crippen molar-refractivity contribution in [2.75, 3.05) is 6.61 Å². The molecule has 0 fully saturated rings. The molecule has 3 nitrogen and oxygen atoms in total. The van der Waals surface area contributed by atoms with Crippen LogP contribution in [0.4, 0.5) is 0 Å². The van der Waals surface area contributed by atoms with Crippen LogP contribution >= 0.6 is 0 Å². The Kier molecular flexibility index (Phi) is 2.59. The van der Waals surface area contributed by atoms with Gasteiger partial charge in [0.15, 0.2) is 0 Å². The fraction of sp³-hybridized carbons (Fsp3) is 0.167. The van der Waals surface area contributed by atoms with E-state index in [1.807, 2.05) is 30.3 Å². The zero-order valence-electron chi connectivity index (χ0n) is 16.6. The first-order valence-electron chi connectivity index (χ1n) is 9.11. The van der Waals surface area contributed by atoms with Gasteiger partial charge >= 0.3 is 0 Å². The number of oxazole rings is 1. The number of hydrogen-bond acceptors (Lipinski definition) is 3. The van der Waals surface area contributed by atoms with Gasteiger partial charge < -0.3 is 9.15 Å². The molecule has 0 aliphatic carbocycles. The van der Waals surface area contributed by atoms with Gasteiger partial charge in [-0.2, -0.15) is 0 Å². The van der Waals surface area contributed by atoms with Crippen LogP contribution in [0.15, 0.2) is 65.0 Å². The van der Waals surface area contributed by atoms with E-state index in [1.165, 1.54) is 0 Å². The number of hydrogen-bond donors (Lipinski definition) is 0. The minimum absolute atomic E-state index is 0.0224. The molecular weight excluding hydrogens is 262 g/mol. The quantitative estimate of drug-likeness (QED) is 0.701. The molecule has 0 bridgehead atoms. The van der Waals surface area contributed by atoms with Gasteiger partial charge in [0.05, 0.1) is 19.2 Å². The zero-order chi connectivity index (χ0) is 18.8. The van der Waals surface area contributed by atoms with Crippen LogP contribution in [0.5, 0.6) is 5.75 Å². The van der Waals surface area contributed by atoms with E-state index < -0.39 is 18.1 Å². The van der Waals surface area contributed by atoms with Gasteiger partial charge in [-0.15, -0.1) is 0 Å². The predicted octanol–water partition coefficient (Wildman–Crippen LogP) is 4.27. The van der Waals surface area contributed by atoms with Gasteiger partial charge in [-0.3, -0.25) is 0 Å². The molecule has 1 aromatic heterocycles. The summed E-state index contributed by atoms with van der Waals surface area (Å²) in [6.45, 7) is 2.11. The van der Waals surface area contributed by atoms with Gasteiger partial charge in [0, 0.05) is 12.0 Å². The molecule has 3 heteroatoms. The highest BCUT2D eigenvalue weighted by Crippen LogP contribution is 2.21. The molecule has 1 heterocycles. The number of nitrogens with zero attached hydrogens (tertiary/aromatic N) is 1. The molecule has 2 aromatic carbocycles. The summed E-state index contributed by atoms with van der Waals surface area (Å²) in [5.41, 5.74) is 0.595. The third-order valence-corrected chi connectivity index (χ3v) is 2.96. The Hall–Kier alpha value is -2.55. The lowest BCUT2D eigenvalue weighted by atomic mass is 10.2. The molecule has 21 heavy (non-hydrogen) atoms. The van der Waals surface area contributed by atoms with E-state index in [4.69, 9.17) is 16.0 Å². The average Bonchev–Trinajstić information content (AvgIpc) is 3.00. The Morgan fingerprint density at radius 2 is 1.90 bits per heavy atom. The lowest BCUT2D eigenvalue weighted by Crippen LogP contribution is -2.02. The Morgan fingerprint density at radius 1 is 1.14 bits per heavy atom. The van der Waals surface area contributed by atoms with Crippen LogP contribution in [0.3, 0.4) is 0 Å². The fourth-order valence-corrected chi connectivity index (χ4v) is 1.91. The van der Waals surface area contributed by atoms with Crippen molar-refractivity contribution in [1.29, 1.82) is 0 Å². The van der Waals surface area contributed by atoms with Crippen LogP contribution in [-0.2, 0) is 6.42 Å². The largest absolute Gasteiger partial charge is 0.493 e. The molecule has 0 spiro atoms. The highest BCUT2D eigenvalue weighted by molar-refractivity contribution is 5.53. The standard InChI is InChI=1S/C18H17NO2/c1-14-17(12-13-20-16-10-6-3-7-11-16)19-18(21-14)15-8-4-2-5-9-15/h2-11H,12-13H2,1H3/i2D,4D,5D,8D,9D. The molecular formula is C18H17NO2. The Morgan fingerprint density at radius 3 is 2.67 bits per heavy atom. The maximum absolute atomic E-state index is 8.01. The molecule has 106 valence electrons. The third kappa shape index (κ3) is 3.31. The first kappa shape index (κ1) is 8.67. The number of aromatic nitrogens is 1. The predicted molar refractivity (Wildman–Crippen MR) is 82.3 cm³/mol. The highest BCUT2D eigenvalue weighted by atomic mass is 16.5. The molecule has 0 amide bonds. The van der Waals surface area contributed by atoms with E-state index >= 15 is 0 Å².